The van der Waals surface area contributed by atoms with Crippen molar-refractivity contribution in [3.8, 4) is 5.75 Å². The van der Waals surface area contributed by atoms with Crippen molar-refractivity contribution in [3.63, 3.8) is 0 Å². The van der Waals surface area contributed by atoms with Gasteiger partial charge in [-0.2, -0.15) is 0 Å². The lowest BCUT2D eigenvalue weighted by atomic mass is 9.86. The number of fused-ring (bicyclic) bond motifs is 13. The molecule has 3 aromatic carbocycles. The third kappa shape index (κ3) is 8.56. The van der Waals surface area contributed by atoms with Gasteiger partial charge < -0.3 is 33.6 Å². The first-order valence-electron chi connectivity index (χ1n) is 18.3. The summed E-state index contributed by atoms with van der Waals surface area (Å²) in [6.07, 6.45) is 1.07. The number of aliphatic hydroxyl groups excluding tert-OH is 2. The number of aliphatic hydroxyl groups is 2. The lowest BCUT2D eigenvalue weighted by Gasteiger charge is -2.43. The Morgan fingerprint density at radius 3 is 2.28 bits per heavy atom. The van der Waals surface area contributed by atoms with E-state index in [2.05, 4.69) is 36.4 Å². The summed E-state index contributed by atoms with van der Waals surface area (Å²) in [6.45, 7) is 6.29. The number of benzene rings is 3. The fraction of sp³-hybridized carbons (Fsp3) is 0.419. The summed E-state index contributed by atoms with van der Waals surface area (Å²) in [5.74, 6) is -0.817. The molecule has 0 aliphatic carbocycles. The lowest BCUT2D eigenvalue weighted by Crippen LogP contribution is -2.52. The second kappa shape index (κ2) is 16.5. The van der Waals surface area contributed by atoms with Gasteiger partial charge in [-0.05, 0) is 100 Å². The molecule has 10 heteroatoms. The van der Waals surface area contributed by atoms with Crippen LogP contribution in [0, 0.1) is 5.92 Å². The normalized spacial score (nSPS) is 20.3. The molecule has 0 radical (unpaired) electrons. The van der Waals surface area contributed by atoms with E-state index >= 15 is 0 Å². The number of esters is 2. The second-order valence-corrected chi connectivity index (χ2v) is 14.7. The Bertz CT molecular complexity index is 2020. The van der Waals surface area contributed by atoms with Crippen LogP contribution in [0.2, 0.25) is 0 Å². The van der Waals surface area contributed by atoms with Crippen LogP contribution in [0.5, 0.6) is 5.75 Å². The molecule has 0 saturated heterocycles. The van der Waals surface area contributed by atoms with Crippen LogP contribution in [0.4, 0.5) is 0 Å². The van der Waals surface area contributed by atoms with Crippen LogP contribution in [0.15, 0.2) is 87.1 Å². The van der Waals surface area contributed by atoms with E-state index in [1.807, 2.05) is 32.0 Å². The van der Waals surface area contributed by atoms with Crippen LogP contribution in [0.1, 0.15) is 86.4 Å². The van der Waals surface area contributed by atoms with E-state index in [0.29, 0.717) is 41.5 Å². The molecule has 2 bridgehead atoms. The van der Waals surface area contributed by atoms with Crippen molar-refractivity contribution in [3.05, 3.63) is 122 Å². The van der Waals surface area contributed by atoms with Crippen LogP contribution in [0.3, 0.4) is 0 Å². The van der Waals surface area contributed by atoms with Crippen molar-refractivity contribution in [2.45, 2.75) is 97.1 Å². The second-order valence-electron chi connectivity index (χ2n) is 14.7. The smallest absolute Gasteiger partial charge is 0.339 e. The van der Waals surface area contributed by atoms with E-state index < -0.39 is 48.8 Å². The molecule has 0 spiro atoms. The van der Waals surface area contributed by atoms with E-state index in [4.69, 9.17) is 28.5 Å². The number of hydrogen-bond donors (Lipinski definition) is 2. The Hall–Kier alpha value is -4.77. The first kappa shape index (κ1) is 38.0. The maximum absolute atomic E-state index is 14.2. The van der Waals surface area contributed by atoms with Crippen molar-refractivity contribution >= 4 is 22.9 Å². The van der Waals surface area contributed by atoms with Gasteiger partial charge in [0.25, 0.3) is 0 Å². The Kier molecular flexibility index (Phi) is 11.8. The van der Waals surface area contributed by atoms with Crippen molar-refractivity contribution in [2.24, 2.45) is 5.92 Å². The summed E-state index contributed by atoms with van der Waals surface area (Å²) in [7, 11) is 0. The van der Waals surface area contributed by atoms with Gasteiger partial charge in [0.15, 0.2) is 12.2 Å². The molecule has 4 aromatic rings. The molecule has 2 N–H and O–H groups in total. The summed E-state index contributed by atoms with van der Waals surface area (Å²) < 4.78 is 30.2. The zero-order chi connectivity index (χ0) is 37.7. The molecule has 3 aliphatic heterocycles. The van der Waals surface area contributed by atoms with Crippen LogP contribution in [-0.2, 0) is 56.1 Å². The van der Waals surface area contributed by atoms with Gasteiger partial charge in [-0.3, -0.25) is 4.79 Å². The molecule has 7 rings (SSSR count). The van der Waals surface area contributed by atoms with Gasteiger partial charge in [-0.15, -0.1) is 0 Å². The highest BCUT2D eigenvalue weighted by molar-refractivity contribution is 5.90. The molecule has 1 aromatic heterocycles. The zero-order valence-corrected chi connectivity index (χ0v) is 30.8. The summed E-state index contributed by atoms with van der Waals surface area (Å²) in [6, 6.07) is 21.9. The summed E-state index contributed by atoms with van der Waals surface area (Å²) in [4.78, 5) is 41.8. The monoisotopic (exact) mass is 724 g/mol. The van der Waals surface area contributed by atoms with Gasteiger partial charge in [-0.1, -0.05) is 60.2 Å². The van der Waals surface area contributed by atoms with E-state index in [9.17, 15) is 19.5 Å². The molecular formula is C43H48O10. The number of aryl methyl sites for hydroxylation is 2. The molecule has 3 atom stereocenters. The fourth-order valence-electron chi connectivity index (χ4n) is 7.49. The number of rotatable bonds is 8. The fourth-order valence-corrected chi connectivity index (χ4v) is 7.49. The predicted molar refractivity (Wildman–Crippen MR) is 198 cm³/mol. The third-order valence-electron chi connectivity index (χ3n) is 10.3. The Labute approximate surface area is 309 Å². The maximum Gasteiger partial charge on any atom is 0.339 e. The average Bonchev–Trinajstić information content (AvgIpc) is 3.12. The SMILES string of the molecule is CC(C)=C1CCc2ccc(cc2)C[C@@H](CCc2ccccc2)CC(=O)O[C@@H]2c3c(ccc4c(CO)c(CCOCO)c(=O)oc34)OC(C)(C)[C@H]2OC1=O. The molecule has 0 amide bonds. The minimum atomic E-state index is -1.22. The summed E-state index contributed by atoms with van der Waals surface area (Å²) in [5, 5.41) is 20.0. The standard InChI is InChI=1S/C43H48O10/c1-26(2)31-17-16-28-10-13-29(14-11-28)22-30(15-12-27-8-6-5-7-9-27)23-36(46)50-39-37-35(53-43(3,4)40(39)52-41(31)47)19-18-32-34(24-44)33(20-21-49-25-45)42(48)51-38(32)37/h5-11,13-14,18-19,30,39-40,44-45H,12,15-17,20-25H2,1-4H3/t30-,39-,40+/m1/s1. The minimum Gasteiger partial charge on any atom is -0.483 e. The minimum absolute atomic E-state index is 0.0301. The zero-order valence-electron chi connectivity index (χ0n) is 30.8. The topological polar surface area (TPSA) is 142 Å². The Balaban J connectivity index is 1.46. The number of carbonyl (C=O) groups is 2. The molecule has 0 unspecified atom stereocenters. The van der Waals surface area contributed by atoms with E-state index in [1.54, 1.807) is 26.0 Å². The predicted octanol–water partition coefficient (Wildman–Crippen LogP) is 6.63. The molecule has 0 fully saturated rings. The van der Waals surface area contributed by atoms with Crippen molar-refractivity contribution in [1.29, 1.82) is 0 Å². The molecule has 53 heavy (non-hydrogen) atoms. The van der Waals surface area contributed by atoms with Gasteiger partial charge in [0.05, 0.1) is 18.8 Å². The van der Waals surface area contributed by atoms with Gasteiger partial charge in [0.2, 0.25) is 0 Å². The first-order valence-corrected chi connectivity index (χ1v) is 18.3. The number of ether oxygens (including phenoxy) is 4. The maximum atomic E-state index is 14.2. The molecule has 10 nitrogen and oxygen atoms in total. The van der Waals surface area contributed by atoms with E-state index in [-0.39, 0.29) is 42.1 Å². The Morgan fingerprint density at radius 1 is 0.849 bits per heavy atom. The quantitative estimate of drug-likeness (QED) is 0.0669. The summed E-state index contributed by atoms with van der Waals surface area (Å²) in [5.41, 5.74) is 3.61. The van der Waals surface area contributed by atoms with Crippen LogP contribution >= 0.6 is 0 Å². The number of allylic oxidation sites excluding steroid dienone is 1. The number of carbonyl (C=O) groups excluding carboxylic acids is 2. The number of hydrogen-bond acceptors (Lipinski definition) is 10. The van der Waals surface area contributed by atoms with Crippen molar-refractivity contribution in [1.82, 2.24) is 0 Å². The highest BCUT2D eigenvalue weighted by Gasteiger charge is 2.50. The van der Waals surface area contributed by atoms with Crippen LogP contribution in [-0.4, -0.2) is 47.3 Å². The van der Waals surface area contributed by atoms with Crippen LogP contribution in [0.25, 0.3) is 11.0 Å². The van der Waals surface area contributed by atoms with Gasteiger partial charge >= 0.3 is 17.6 Å². The van der Waals surface area contributed by atoms with Crippen molar-refractivity contribution < 1.29 is 43.2 Å². The molecule has 3 aliphatic rings. The highest BCUT2D eigenvalue weighted by Crippen LogP contribution is 2.47. The molecule has 0 saturated carbocycles. The van der Waals surface area contributed by atoms with Crippen LogP contribution < -0.4 is 10.4 Å². The van der Waals surface area contributed by atoms with E-state index in [0.717, 1.165) is 29.5 Å². The highest BCUT2D eigenvalue weighted by atomic mass is 16.6. The first-order chi connectivity index (χ1) is 25.5. The average molecular weight is 725 g/mol. The summed E-state index contributed by atoms with van der Waals surface area (Å²) >= 11 is 0. The molecule has 4 heterocycles. The molecule has 280 valence electrons. The third-order valence-corrected chi connectivity index (χ3v) is 10.3. The van der Waals surface area contributed by atoms with Gasteiger partial charge in [-0.25, -0.2) is 9.59 Å². The van der Waals surface area contributed by atoms with E-state index in [1.165, 1.54) is 5.56 Å². The van der Waals surface area contributed by atoms with Gasteiger partial charge in [0.1, 0.15) is 23.7 Å². The van der Waals surface area contributed by atoms with Gasteiger partial charge in [0, 0.05) is 29.4 Å². The lowest BCUT2D eigenvalue weighted by molar-refractivity contribution is -0.188. The Morgan fingerprint density at radius 2 is 1.58 bits per heavy atom. The van der Waals surface area contributed by atoms with Crippen molar-refractivity contribution in [2.75, 3.05) is 13.4 Å². The molecular weight excluding hydrogens is 676 g/mol. The largest absolute Gasteiger partial charge is 0.483 e.